The second-order valence-electron chi connectivity index (χ2n) is 4.68. The topological polar surface area (TPSA) is 70.5 Å². The van der Waals surface area contributed by atoms with Crippen LogP contribution in [0.4, 0.5) is 0 Å². The lowest BCUT2D eigenvalue weighted by Crippen LogP contribution is -2.31. The molecule has 22 heavy (non-hydrogen) atoms. The minimum atomic E-state index is -3.62. The predicted octanol–water partition coefficient (Wildman–Crippen LogP) is 1.88. The quantitative estimate of drug-likeness (QED) is 0.846. The van der Waals surface area contributed by atoms with Crippen LogP contribution in [0.5, 0.6) is 0 Å². The van der Waals surface area contributed by atoms with Gasteiger partial charge in [0, 0.05) is 30.9 Å². The number of aliphatic hydroxyl groups is 1. The second kappa shape index (κ2) is 7.84. The lowest BCUT2D eigenvalue weighted by atomic mass is 10.2. The Morgan fingerprint density at radius 3 is 2.55 bits per heavy atom. The van der Waals surface area contributed by atoms with Crippen LogP contribution in [0, 0.1) is 0 Å². The summed E-state index contributed by atoms with van der Waals surface area (Å²) in [6, 6.07) is 12.7. The fourth-order valence-corrected chi connectivity index (χ4v) is 3.08. The van der Waals surface area contributed by atoms with Crippen molar-refractivity contribution in [1.29, 1.82) is 0 Å². The third-order valence-electron chi connectivity index (χ3n) is 3.02. The third-order valence-corrected chi connectivity index (χ3v) is 4.53. The molecule has 0 bridgehead atoms. The number of aliphatic hydroxyl groups excluding tert-OH is 1. The van der Waals surface area contributed by atoms with Crippen LogP contribution < -0.4 is 0 Å². The molecule has 0 fully saturated rings. The van der Waals surface area contributed by atoms with E-state index in [2.05, 4.69) is 4.98 Å². The van der Waals surface area contributed by atoms with Crippen LogP contribution in [-0.4, -0.2) is 36.0 Å². The number of hydrogen-bond acceptors (Lipinski definition) is 4. The minimum Gasteiger partial charge on any atom is -0.395 e. The molecule has 1 aromatic heterocycles. The Balaban J connectivity index is 2.17. The molecule has 1 heterocycles. The fourth-order valence-electron chi connectivity index (χ4n) is 1.92. The zero-order valence-electron chi connectivity index (χ0n) is 12.0. The van der Waals surface area contributed by atoms with Crippen molar-refractivity contribution in [2.24, 2.45) is 0 Å². The molecule has 0 aliphatic carbocycles. The summed E-state index contributed by atoms with van der Waals surface area (Å²) in [4.78, 5) is 3.97. The van der Waals surface area contributed by atoms with Crippen molar-refractivity contribution in [2.45, 2.75) is 6.54 Å². The first-order valence-electron chi connectivity index (χ1n) is 6.85. The van der Waals surface area contributed by atoms with Gasteiger partial charge in [-0.3, -0.25) is 4.98 Å². The molecular formula is C16H18N2O3S. The molecule has 0 atom stereocenters. The smallest absolute Gasteiger partial charge is 0.236 e. The van der Waals surface area contributed by atoms with E-state index in [1.807, 2.05) is 30.3 Å². The lowest BCUT2D eigenvalue weighted by molar-refractivity contribution is 0.252. The molecule has 0 unspecified atom stereocenters. The number of aromatic nitrogens is 1. The van der Waals surface area contributed by atoms with Crippen LogP contribution in [-0.2, 0) is 16.6 Å². The van der Waals surface area contributed by atoms with Crippen LogP contribution in [0.25, 0.3) is 6.08 Å². The number of pyridine rings is 1. The normalized spacial score (nSPS) is 12.1. The molecule has 0 saturated heterocycles. The maximum absolute atomic E-state index is 12.4. The highest BCUT2D eigenvalue weighted by molar-refractivity contribution is 7.92. The van der Waals surface area contributed by atoms with E-state index >= 15 is 0 Å². The summed E-state index contributed by atoms with van der Waals surface area (Å²) in [5.74, 6) is 0. The molecule has 2 aromatic rings. The molecule has 0 saturated carbocycles. The van der Waals surface area contributed by atoms with Gasteiger partial charge in [-0.15, -0.1) is 0 Å². The summed E-state index contributed by atoms with van der Waals surface area (Å²) in [5.41, 5.74) is 1.57. The van der Waals surface area contributed by atoms with Gasteiger partial charge >= 0.3 is 0 Å². The average Bonchev–Trinajstić information content (AvgIpc) is 2.55. The molecule has 0 amide bonds. The molecule has 5 nitrogen and oxygen atoms in total. The first kappa shape index (κ1) is 16.4. The number of nitrogens with zero attached hydrogens (tertiary/aromatic N) is 2. The molecule has 1 N–H and O–H groups in total. The summed E-state index contributed by atoms with van der Waals surface area (Å²) in [7, 11) is -3.62. The Hall–Kier alpha value is -2.02. The zero-order chi connectivity index (χ0) is 15.8. The van der Waals surface area contributed by atoms with E-state index in [9.17, 15) is 8.42 Å². The maximum atomic E-state index is 12.4. The van der Waals surface area contributed by atoms with Gasteiger partial charge in [0.2, 0.25) is 10.0 Å². The van der Waals surface area contributed by atoms with Crippen molar-refractivity contribution >= 4 is 16.1 Å². The van der Waals surface area contributed by atoms with Crippen molar-refractivity contribution < 1.29 is 13.5 Å². The van der Waals surface area contributed by atoms with Crippen molar-refractivity contribution in [2.75, 3.05) is 13.2 Å². The van der Waals surface area contributed by atoms with Crippen LogP contribution in [0.15, 0.2) is 60.3 Å². The van der Waals surface area contributed by atoms with Crippen LogP contribution >= 0.6 is 0 Å². The highest BCUT2D eigenvalue weighted by Crippen LogP contribution is 2.12. The first-order chi connectivity index (χ1) is 10.6. The number of rotatable bonds is 7. The molecule has 0 aliphatic heterocycles. The predicted molar refractivity (Wildman–Crippen MR) is 86.1 cm³/mol. The van der Waals surface area contributed by atoms with Crippen LogP contribution in [0.1, 0.15) is 11.1 Å². The van der Waals surface area contributed by atoms with Crippen LogP contribution in [0.3, 0.4) is 0 Å². The van der Waals surface area contributed by atoms with E-state index in [0.717, 1.165) is 16.5 Å². The SMILES string of the molecule is O=S(=O)(/C=C/c1ccccc1)N(CCO)Cc1cccnc1. The van der Waals surface area contributed by atoms with Crippen molar-refractivity contribution in [1.82, 2.24) is 9.29 Å². The Kier molecular flexibility index (Phi) is 5.83. The Morgan fingerprint density at radius 1 is 1.14 bits per heavy atom. The zero-order valence-corrected chi connectivity index (χ0v) is 12.9. The first-order valence-corrected chi connectivity index (χ1v) is 8.35. The molecule has 116 valence electrons. The third kappa shape index (κ3) is 4.77. The molecule has 1 aromatic carbocycles. The Bertz CT molecular complexity index is 701. The van der Waals surface area contributed by atoms with Gasteiger partial charge in [-0.1, -0.05) is 36.4 Å². The molecule has 2 rings (SSSR count). The van der Waals surface area contributed by atoms with Crippen molar-refractivity contribution in [3.05, 3.63) is 71.4 Å². The highest BCUT2D eigenvalue weighted by Gasteiger charge is 2.18. The molecule has 6 heteroatoms. The molecule has 0 aliphatic rings. The van der Waals surface area contributed by atoms with E-state index in [-0.39, 0.29) is 19.7 Å². The standard InChI is InChI=1S/C16H18N2O3S/c19-11-10-18(14-16-7-4-9-17-13-16)22(20,21)12-8-15-5-2-1-3-6-15/h1-9,12-13,19H,10-11,14H2/b12-8+. The van der Waals surface area contributed by atoms with E-state index in [1.54, 1.807) is 30.6 Å². The van der Waals surface area contributed by atoms with Gasteiger partial charge in [-0.05, 0) is 23.3 Å². The molecular weight excluding hydrogens is 300 g/mol. The summed E-state index contributed by atoms with van der Waals surface area (Å²) >= 11 is 0. The van der Waals surface area contributed by atoms with E-state index in [1.165, 1.54) is 4.31 Å². The lowest BCUT2D eigenvalue weighted by Gasteiger charge is -2.19. The van der Waals surface area contributed by atoms with Crippen molar-refractivity contribution in [3.63, 3.8) is 0 Å². The average molecular weight is 318 g/mol. The van der Waals surface area contributed by atoms with E-state index in [4.69, 9.17) is 5.11 Å². The minimum absolute atomic E-state index is 0.0381. The van der Waals surface area contributed by atoms with Gasteiger partial charge in [0.1, 0.15) is 0 Å². The Labute approximate surface area is 130 Å². The van der Waals surface area contributed by atoms with Crippen molar-refractivity contribution in [3.8, 4) is 0 Å². The van der Waals surface area contributed by atoms with Crippen LogP contribution in [0.2, 0.25) is 0 Å². The van der Waals surface area contributed by atoms with Gasteiger partial charge < -0.3 is 5.11 Å². The van der Waals surface area contributed by atoms with Gasteiger partial charge in [0.25, 0.3) is 0 Å². The largest absolute Gasteiger partial charge is 0.395 e. The van der Waals surface area contributed by atoms with Gasteiger partial charge in [-0.2, -0.15) is 4.31 Å². The second-order valence-corrected chi connectivity index (χ2v) is 6.50. The highest BCUT2D eigenvalue weighted by atomic mass is 32.2. The number of hydrogen-bond donors (Lipinski definition) is 1. The maximum Gasteiger partial charge on any atom is 0.236 e. The van der Waals surface area contributed by atoms with E-state index in [0.29, 0.717) is 0 Å². The summed E-state index contributed by atoms with van der Waals surface area (Å²) in [6.45, 7) is -0.0229. The summed E-state index contributed by atoms with van der Waals surface area (Å²) in [6.07, 6.45) is 4.79. The fraction of sp³-hybridized carbons (Fsp3) is 0.188. The monoisotopic (exact) mass is 318 g/mol. The summed E-state index contributed by atoms with van der Waals surface area (Å²) < 4.78 is 26.0. The molecule has 0 radical (unpaired) electrons. The Morgan fingerprint density at radius 2 is 1.91 bits per heavy atom. The van der Waals surface area contributed by atoms with Gasteiger partial charge in [-0.25, -0.2) is 8.42 Å². The number of benzene rings is 1. The van der Waals surface area contributed by atoms with E-state index < -0.39 is 10.0 Å². The summed E-state index contributed by atoms with van der Waals surface area (Å²) in [5, 5.41) is 10.3. The number of sulfonamides is 1. The van der Waals surface area contributed by atoms with Gasteiger partial charge in [0.05, 0.1) is 6.61 Å². The molecule has 0 spiro atoms. The van der Waals surface area contributed by atoms with Gasteiger partial charge in [0.15, 0.2) is 0 Å².